The molecule has 10 atom stereocenters. The van der Waals surface area contributed by atoms with E-state index < -0.39 is 6.10 Å². The summed E-state index contributed by atoms with van der Waals surface area (Å²) < 4.78 is 4.83. The summed E-state index contributed by atoms with van der Waals surface area (Å²) in [5.41, 5.74) is 0.0522. The summed E-state index contributed by atoms with van der Waals surface area (Å²) in [5, 5.41) is 21.2. The Morgan fingerprint density at radius 3 is 2.43 bits per heavy atom. The standard InChI is InChI=1S/C25H40O5/c1-14(5-8-20(27)30-4)16-6-7-17-21-18(10-12-24(16,17)2)25(3)11-9-15(26)13-19(25)22(28)23(21)29/h14-19,21-22,26,28H,5-13H2,1-4H3/t14-,15-,16-,17?,18+,19+,21?,22-,24-,25-/m1/s1. The number of rotatable bonds is 4. The topological polar surface area (TPSA) is 83.8 Å². The van der Waals surface area contributed by atoms with Gasteiger partial charge < -0.3 is 14.9 Å². The first-order valence-corrected chi connectivity index (χ1v) is 12.1. The van der Waals surface area contributed by atoms with E-state index in [1.807, 2.05) is 0 Å². The molecular weight excluding hydrogens is 380 g/mol. The third-order valence-corrected chi connectivity index (χ3v) is 10.3. The number of fused-ring (bicyclic) bond motifs is 5. The zero-order valence-corrected chi connectivity index (χ0v) is 19.1. The van der Waals surface area contributed by atoms with Crippen LogP contribution in [0.2, 0.25) is 0 Å². The highest BCUT2D eigenvalue weighted by atomic mass is 16.5. The summed E-state index contributed by atoms with van der Waals surface area (Å²) in [6, 6.07) is 0. The summed E-state index contributed by atoms with van der Waals surface area (Å²) in [6.45, 7) is 6.91. The molecule has 0 aromatic carbocycles. The average molecular weight is 421 g/mol. The molecule has 4 aliphatic carbocycles. The zero-order chi connectivity index (χ0) is 21.8. The summed E-state index contributed by atoms with van der Waals surface area (Å²) in [5.74, 6) is 1.35. The van der Waals surface area contributed by atoms with Crippen molar-refractivity contribution in [3.8, 4) is 0 Å². The van der Waals surface area contributed by atoms with Crippen LogP contribution in [0.1, 0.15) is 78.6 Å². The van der Waals surface area contributed by atoms with Crippen LogP contribution in [-0.2, 0) is 14.3 Å². The van der Waals surface area contributed by atoms with E-state index in [0.29, 0.717) is 36.5 Å². The van der Waals surface area contributed by atoms with Gasteiger partial charge in [-0.1, -0.05) is 20.8 Å². The van der Waals surface area contributed by atoms with E-state index in [2.05, 4.69) is 20.8 Å². The van der Waals surface area contributed by atoms with Crippen molar-refractivity contribution in [3.05, 3.63) is 0 Å². The first-order chi connectivity index (χ1) is 14.1. The van der Waals surface area contributed by atoms with Crippen LogP contribution in [0.5, 0.6) is 0 Å². The largest absolute Gasteiger partial charge is 0.469 e. The molecule has 30 heavy (non-hydrogen) atoms. The van der Waals surface area contributed by atoms with Crippen LogP contribution >= 0.6 is 0 Å². The smallest absolute Gasteiger partial charge is 0.305 e. The maximum absolute atomic E-state index is 13.5. The van der Waals surface area contributed by atoms with Gasteiger partial charge in [-0.2, -0.15) is 0 Å². The molecule has 0 aromatic rings. The van der Waals surface area contributed by atoms with E-state index in [9.17, 15) is 19.8 Å². The minimum absolute atomic E-state index is 0.0481. The monoisotopic (exact) mass is 420 g/mol. The Balaban J connectivity index is 1.57. The number of Topliss-reactive ketones (excluding diaryl/α,β-unsaturated/α-hetero) is 1. The fraction of sp³-hybridized carbons (Fsp3) is 0.920. The Labute approximate surface area is 180 Å². The first-order valence-electron chi connectivity index (χ1n) is 12.1. The summed E-state index contributed by atoms with van der Waals surface area (Å²) in [7, 11) is 1.44. The van der Waals surface area contributed by atoms with E-state index in [1.54, 1.807) is 0 Å². The molecule has 0 aromatic heterocycles. The minimum atomic E-state index is -0.927. The van der Waals surface area contributed by atoms with E-state index in [1.165, 1.54) is 7.11 Å². The number of ether oxygens (including phenoxy) is 1. The van der Waals surface area contributed by atoms with Gasteiger partial charge in [0.2, 0.25) is 0 Å². The van der Waals surface area contributed by atoms with Gasteiger partial charge in [-0.25, -0.2) is 0 Å². The number of hydrogen-bond acceptors (Lipinski definition) is 5. The van der Waals surface area contributed by atoms with E-state index in [0.717, 1.165) is 44.9 Å². The Hall–Kier alpha value is -0.940. The minimum Gasteiger partial charge on any atom is -0.469 e. The second-order valence-electron chi connectivity index (χ2n) is 11.4. The van der Waals surface area contributed by atoms with Gasteiger partial charge in [0.25, 0.3) is 0 Å². The summed E-state index contributed by atoms with van der Waals surface area (Å²) >= 11 is 0. The van der Waals surface area contributed by atoms with Crippen LogP contribution in [0, 0.1) is 46.3 Å². The van der Waals surface area contributed by atoms with Crippen molar-refractivity contribution >= 4 is 11.8 Å². The van der Waals surface area contributed by atoms with Crippen LogP contribution in [0.15, 0.2) is 0 Å². The Morgan fingerprint density at radius 1 is 1.07 bits per heavy atom. The van der Waals surface area contributed by atoms with Crippen molar-refractivity contribution in [2.45, 2.75) is 90.8 Å². The van der Waals surface area contributed by atoms with E-state index in [-0.39, 0.29) is 40.5 Å². The van der Waals surface area contributed by atoms with Gasteiger partial charge in [-0.15, -0.1) is 0 Å². The number of hydrogen-bond donors (Lipinski definition) is 2. The number of aliphatic hydroxyl groups is 2. The van der Waals surface area contributed by atoms with Gasteiger partial charge in [-0.05, 0) is 85.9 Å². The maximum atomic E-state index is 13.5. The molecule has 0 saturated heterocycles. The van der Waals surface area contributed by atoms with Crippen molar-refractivity contribution in [2.75, 3.05) is 7.11 Å². The van der Waals surface area contributed by atoms with Crippen molar-refractivity contribution < 1.29 is 24.5 Å². The molecule has 0 radical (unpaired) electrons. The molecule has 0 aliphatic heterocycles. The molecule has 170 valence electrons. The lowest BCUT2D eigenvalue weighted by molar-refractivity contribution is -0.184. The second kappa shape index (κ2) is 7.88. The fourth-order valence-corrected chi connectivity index (χ4v) is 8.59. The zero-order valence-electron chi connectivity index (χ0n) is 19.1. The number of ketones is 1. The molecule has 0 amide bonds. The van der Waals surface area contributed by atoms with Crippen LogP contribution in [0.4, 0.5) is 0 Å². The molecule has 0 spiro atoms. The number of aliphatic hydroxyl groups excluding tert-OH is 2. The molecule has 4 aliphatic rings. The number of methoxy groups -OCH3 is 1. The molecule has 2 unspecified atom stereocenters. The predicted molar refractivity (Wildman–Crippen MR) is 113 cm³/mol. The molecule has 2 N–H and O–H groups in total. The van der Waals surface area contributed by atoms with Gasteiger partial charge in [0.1, 0.15) is 6.10 Å². The molecule has 4 saturated carbocycles. The van der Waals surface area contributed by atoms with Crippen molar-refractivity contribution in [2.24, 2.45) is 46.3 Å². The number of esters is 1. The second-order valence-corrected chi connectivity index (χ2v) is 11.4. The predicted octanol–water partition coefficient (Wildman–Crippen LogP) is 3.75. The Kier molecular flexibility index (Phi) is 5.85. The lowest BCUT2D eigenvalue weighted by Crippen LogP contribution is -2.62. The SMILES string of the molecule is COC(=O)CC[C@@H](C)[C@H]1CCC2C3C(=O)[C@H](O)[C@@H]4C[C@H](O)CC[C@]4(C)[C@H]3CC[C@@]21C. The molecule has 4 fully saturated rings. The molecule has 5 heteroatoms. The summed E-state index contributed by atoms with van der Waals surface area (Å²) in [6.07, 6.45) is 6.55. The molecule has 0 bridgehead atoms. The highest BCUT2D eigenvalue weighted by Crippen LogP contribution is 2.67. The van der Waals surface area contributed by atoms with E-state index >= 15 is 0 Å². The van der Waals surface area contributed by atoms with Gasteiger partial charge in [-0.3, -0.25) is 9.59 Å². The Morgan fingerprint density at radius 2 is 1.73 bits per heavy atom. The van der Waals surface area contributed by atoms with Crippen LogP contribution in [0.25, 0.3) is 0 Å². The van der Waals surface area contributed by atoms with E-state index in [4.69, 9.17) is 4.74 Å². The third-order valence-electron chi connectivity index (χ3n) is 10.3. The summed E-state index contributed by atoms with van der Waals surface area (Å²) in [4.78, 5) is 25.1. The van der Waals surface area contributed by atoms with Crippen molar-refractivity contribution in [1.29, 1.82) is 0 Å². The quantitative estimate of drug-likeness (QED) is 0.677. The Bertz CT molecular complexity index is 691. The lowest BCUT2D eigenvalue weighted by atomic mass is 9.43. The van der Waals surface area contributed by atoms with Crippen LogP contribution in [-0.4, -0.2) is 41.3 Å². The highest BCUT2D eigenvalue weighted by molar-refractivity contribution is 5.87. The molecule has 0 heterocycles. The highest BCUT2D eigenvalue weighted by Gasteiger charge is 2.65. The van der Waals surface area contributed by atoms with Gasteiger partial charge in [0.15, 0.2) is 5.78 Å². The van der Waals surface area contributed by atoms with Gasteiger partial charge >= 0.3 is 5.97 Å². The third kappa shape index (κ3) is 3.26. The van der Waals surface area contributed by atoms with Crippen molar-refractivity contribution in [1.82, 2.24) is 0 Å². The van der Waals surface area contributed by atoms with Gasteiger partial charge in [0.05, 0.1) is 13.2 Å². The molecule has 5 nitrogen and oxygen atoms in total. The lowest BCUT2D eigenvalue weighted by Gasteiger charge is -2.61. The maximum Gasteiger partial charge on any atom is 0.305 e. The number of carbonyl (C=O) groups excluding carboxylic acids is 2. The number of carbonyl (C=O) groups is 2. The fourth-order valence-electron chi connectivity index (χ4n) is 8.59. The molecular formula is C25H40O5. The van der Waals surface area contributed by atoms with Gasteiger partial charge in [0, 0.05) is 18.3 Å². The average Bonchev–Trinajstić information content (AvgIpc) is 3.08. The van der Waals surface area contributed by atoms with Crippen LogP contribution < -0.4 is 0 Å². The molecule has 4 rings (SSSR count). The van der Waals surface area contributed by atoms with Crippen molar-refractivity contribution in [3.63, 3.8) is 0 Å². The first kappa shape index (κ1) is 22.3. The van der Waals surface area contributed by atoms with Crippen LogP contribution in [0.3, 0.4) is 0 Å². The normalized spacial score (nSPS) is 49.0.